The van der Waals surface area contributed by atoms with Gasteiger partial charge >= 0.3 is 5.97 Å². The zero-order chi connectivity index (χ0) is 14.9. The van der Waals surface area contributed by atoms with Gasteiger partial charge in [0.1, 0.15) is 0 Å². The van der Waals surface area contributed by atoms with Crippen molar-refractivity contribution in [3.63, 3.8) is 0 Å². The first kappa shape index (κ1) is 14.6. The van der Waals surface area contributed by atoms with E-state index >= 15 is 0 Å². The molecule has 0 aliphatic heterocycles. The molecular weight excluding hydrogens is 260 g/mol. The Morgan fingerprint density at radius 1 is 1.29 bits per heavy atom. The molecule has 3 atom stereocenters. The van der Waals surface area contributed by atoms with E-state index in [1.807, 2.05) is 12.1 Å². The molecule has 3 rings (SSSR count). The fourth-order valence-corrected chi connectivity index (χ4v) is 4.80. The lowest BCUT2D eigenvalue weighted by Crippen LogP contribution is -2.47. The van der Waals surface area contributed by atoms with Crippen LogP contribution in [0.25, 0.3) is 0 Å². The third-order valence-electron chi connectivity index (χ3n) is 5.95. The molecule has 2 aliphatic rings. The fourth-order valence-electron chi connectivity index (χ4n) is 4.80. The number of fused-ring (bicyclic) bond motifs is 1. The molecule has 114 valence electrons. The van der Waals surface area contributed by atoms with Gasteiger partial charge in [-0.3, -0.25) is 4.79 Å². The van der Waals surface area contributed by atoms with E-state index < -0.39 is 11.4 Å². The molecule has 1 fully saturated rings. The third-order valence-corrected chi connectivity index (χ3v) is 5.95. The van der Waals surface area contributed by atoms with Gasteiger partial charge in [0.2, 0.25) is 0 Å². The summed E-state index contributed by atoms with van der Waals surface area (Å²) in [6.45, 7) is 2.25. The first-order valence-corrected chi connectivity index (χ1v) is 8.50. The number of carboxylic acid groups (broad SMARTS) is 1. The number of aryl methyl sites for hydroxylation is 1. The normalized spacial score (nSPS) is 32.4. The van der Waals surface area contributed by atoms with E-state index in [1.165, 1.54) is 24.8 Å². The summed E-state index contributed by atoms with van der Waals surface area (Å²) in [6.07, 6.45) is 8.71. The van der Waals surface area contributed by atoms with Crippen molar-refractivity contribution in [3.05, 3.63) is 35.4 Å². The maximum Gasteiger partial charge on any atom is 0.314 e. The Morgan fingerprint density at radius 3 is 2.86 bits per heavy atom. The minimum Gasteiger partial charge on any atom is -0.481 e. The van der Waals surface area contributed by atoms with Crippen molar-refractivity contribution in [2.24, 2.45) is 11.8 Å². The van der Waals surface area contributed by atoms with Crippen LogP contribution in [0.5, 0.6) is 0 Å². The molecule has 0 heterocycles. The molecule has 2 heteroatoms. The predicted molar refractivity (Wildman–Crippen MR) is 84.4 cm³/mol. The zero-order valence-electron chi connectivity index (χ0n) is 13.0. The Kier molecular flexibility index (Phi) is 4.05. The summed E-state index contributed by atoms with van der Waals surface area (Å²) in [7, 11) is 0. The predicted octanol–water partition coefficient (Wildman–Crippen LogP) is 4.56. The van der Waals surface area contributed by atoms with Gasteiger partial charge in [-0.25, -0.2) is 0 Å². The lowest BCUT2D eigenvalue weighted by atomic mass is 9.58. The fraction of sp³-hybridized carbons (Fsp3) is 0.632. The average Bonchev–Trinajstić information content (AvgIpc) is 2.54. The Bertz CT molecular complexity index is 522. The second-order valence-electron chi connectivity index (χ2n) is 6.93. The topological polar surface area (TPSA) is 37.3 Å². The van der Waals surface area contributed by atoms with Crippen LogP contribution in [0.3, 0.4) is 0 Å². The first-order valence-electron chi connectivity index (χ1n) is 8.50. The number of hydrogen-bond acceptors (Lipinski definition) is 1. The molecule has 2 nitrogen and oxygen atoms in total. The van der Waals surface area contributed by atoms with Crippen LogP contribution in [0.15, 0.2) is 24.3 Å². The highest BCUT2D eigenvalue weighted by Crippen LogP contribution is 2.49. The number of benzene rings is 1. The van der Waals surface area contributed by atoms with Gasteiger partial charge in [0.15, 0.2) is 0 Å². The molecule has 1 saturated carbocycles. The van der Waals surface area contributed by atoms with Gasteiger partial charge in [-0.05, 0) is 55.1 Å². The van der Waals surface area contributed by atoms with Crippen LogP contribution >= 0.6 is 0 Å². The minimum absolute atomic E-state index is 0.315. The van der Waals surface area contributed by atoms with Crippen LogP contribution in [0.1, 0.15) is 63.0 Å². The minimum atomic E-state index is -0.622. The van der Waals surface area contributed by atoms with Crippen molar-refractivity contribution in [3.8, 4) is 0 Å². The van der Waals surface area contributed by atoms with Crippen LogP contribution in [-0.2, 0) is 16.6 Å². The van der Waals surface area contributed by atoms with Crippen LogP contribution in [-0.4, -0.2) is 11.1 Å². The molecule has 0 amide bonds. The van der Waals surface area contributed by atoms with Crippen molar-refractivity contribution in [2.75, 3.05) is 0 Å². The highest BCUT2D eigenvalue weighted by molar-refractivity contribution is 5.83. The van der Waals surface area contributed by atoms with Crippen molar-refractivity contribution >= 4 is 5.97 Å². The Morgan fingerprint density at radius 2 is 2.10 bits per heavy atom. The largest absolute Gasteiger partial charge is 0.481 e. The summed E-state index contributed by atoms with van der Waals surface area (Å²) >= 11 is 0. The molecule has 2 aliphatic carbocycles. The maximum absolute atomic E-state index is 12.3. The maximum atomic E-state index is 12.3. The van der Waals surface area contributed by atoms with E-state index in [0.29, 0.717) is 11.8 Å². The van der Waals surface area contributed by atoms with Gasteiger partial charge in [0.25, 0.3) is 0 Å². The molecule has 0 saturated heterocycles. The summed E-state index contributed by atoms with van der Waals surface area (Å²) < 4.78 is 0. The van der Waals surface area contributed by atoms with E-state index in [-0.39, 0.29) is 0 Å². The Labute approximate surface area is 127 Å². The molecular formula is C19H26O2. The quantitative estimate of drug-likeness (QED) is 0.884. The van der Waals surface area contributed by atoms with Crippen LogP contribution < -0.4 is 0 Å². The molecule has 0 aromatic heterocycles. The summed E-state index contributed by atoms with van der Waals surface area (Å²) in [4.78, 5) is 12.3. The van der Waals surface area contributed by atoms with Gasteiger partial charge in [0.05, 0.1) is 5.41 Å². The smallest absolute Gasteiger partial charge is 0.314 e. The van der Waals surface area contributed by atoms with Crippen LogP contribution in [0, 0.1) is 11.8 Å². The highest BCUT2D eigenvalue weighted by atomic mass is 16.4. The van der Waals surface area contributed by atoms with E-state index in [2.05, 4.69) is 19.1 Å². The Balaban J connectivity index is 2.03. The van der Waals surface area contributed by atoms with E-state index in [4.69, 9.17) is 0 Å². The van der Waals surface area contributed by atoms with Gasteiger partial charge in [0, 0.05) is 0 Å². The molecule has 1 aromatic carbocycles. The number of carbonyl (C=O) groups is 1. The molecule has 1 aromatic rings. The van der Waals surface area contributed by atoms with Gasteiger partial charge < -0.3 is 5.11 Å². The summed E-state index contributed by atoms with van der Waals surface area (Å²) in [6, 6.07) is 8.28. The van der Waals surface area contributed by atoms with Crippen LogP contribution in [0.4, 0.5) is 0 Å². The number of hydrogen-bond donors (Lipinski definition) is 1. The van der Waals surface area contributed by atoms with Gasteiger partial charge in [-0.15, -0.1) is 0 Å². The number of carboxylic acids is 1. The van der Waals surface area contributed by atoms with Crippen molar-refractivity contribution in [1.29, 1.82) is 0 Å². The number of rotatable bonds is 3. The van der Waals surface area contributed by atoms with Gasteiger partial charge in [-0.1, -0.05) is 50.5 Å². The van der Waals surface area contributed by atoms with Crippen molar-refractivity contribution < 1.29 is 9.90 Å². The summed E-state index contributed by atoms with van der Waals surface area (Å²) in [5.41, 5.74) is 1.76. The zero-order valence-corrected chi connectivity index (χ0v) is 13.0. The number of aliphatic carboxylic acids is 1. The molecule has 1 N–H and O–H groups in total. The third kappa shape index (κ3) is 2.39. The SMILES string of the molecule is CCC1CCCC(C2(C(=O)O)CCCc3ccccc32)C1. The molecule has 0 bridgehead atoms. The van der Waals surface area contributed by atoms with Crippen LogP contribution in [0.2, 0.25) is 0 Å². The lowest BCUT2D eigenvalue weighted by Gasteiger charge is -2.45. The average molecular weight is 286 g/mol. The van der Waals surface area contributed by atoms with Gasteiger partial charge in [-0.2, -0.15) is 0 Å². The van der Waals surface area contributed by atoms with Crippen molar-refractivity contribution in [1.82, 2.24) is 0 Å². The second kappa shape index (κ2) is 5.82. The summed E-state index contributed by atoms with van der Waals surface area (Å²) in [5, 5.41) is 10.1. The summed E-state index contributed by atoms with van der Waals surface area (Å²) in [5.74, 6) is 0.445. The van der Waals surface area contributed by atoms with Crippen molar-refractivity contribution in [2.45, 2.75) is 63.7 Å². The Hall–Kier alpha value is -1.31. The second-order valence-corrected chi connectivity index (χ2v) is 6.93. The molecule has 0 spiro atoms. The lowest BCUT2D eigenvalue weighted by molar-refractivity contribution is -0.148. The van der Waals surface area contributed by atoms with E-state index in [9.17, 15) is 9.90 Å². The van der Waals surface area contributed by atoms with E-state index in [0.717, 1.165) is 37.7 Å². The van der Waals surface area contributed by atoms with E-state index in [1.54, 1.807) is 0 Å². The first-order chi connectivity index (χ1) is 10.2. The molecule has 21 heavy (non-hydrogen) atoms. The monoisotopic (exact) mass is 286 g/mol. The molecule has 0 radical (unpaired) electrons. The highest BCUT2D eigenvalue weighted by Gasteiger charge is 2.50. The molecule has 3 unspecified atom stereocenters. The standard InChI is InChI=1S/C19H26O2/c1-2-14-7-5-10-16(13-14)19(18(20)21)12-6-9-15-8-3-4-11-17(15)19/h3-4,8,11,14,16H,2,5-7,9-10,12-13H2,1H3,(H,20,21).